The molecule has 3 N–H and O–H groups in total. The number of aromatic amines is 1. The third-order valence-corrected chi connectivity index (χ3v) is 3.05. The van der Waals surface area contributed by atoms with E-state index >= 15 is 0 Å². The third kappa shape index (κ3) is 1.23. The molecule has 2 aromatic heterocycles. The second kappa shape index (κ2) is 3.09. The number of halogens is 1. The zero-order chi connectivity index (χ0) is 11.3. The first-order chi connectivity index (χ1) is 7.65. The standard InChI is InChI=1S/C11H9ClN4/c1-5-2-9-6(4-8(5)12)3-7-10(13)15-16-11(7)14-9/h2-4H,1H3,(H3,13,14,15,16). The minimum absolute atomic E-state index is 0.529. The van der Waals surface area contributed by atoms with E-state index in [9.17, 15) is 0 Å². The summed E-state index contributed by atoms with van der Waals surface area (Å²) in [6.45, 7) is 1.95. The molecule has 0 aliphatic rings. The molecule has 16 heavy (non-hydrogen) atoms. The molecule has 0 saturated carbocycles. The van der Waals surface area contributed by atoms with E-state index in [2.05, 4.69) is 15.2 Å². The smallest absolute Gasteiger partial charge is 0.183 e. The van der Waals surface area contributed by atoms with Crippen LogP contribution in [0.5, 0.6) is 0 Å². The normalized spacial score (nSPS) is 11.4. The molecule has 0 unspecified atom stereocenters. The van der Waals surface area contributed by atoms with Gasteiger partial charge in [0.05, 0.1) is 10.9 Å². The van der Waals surface area contributed by atoms with Crippen LogP contribution in [0.3, 0.4) is 0 Å². The molecule has 3 rings (SSSR count). The number of hydrogen-bond acceptors (Lipinski definition) is 3. The van der Waals surface area contributed by atoms with Crippen molar-refractivity contribution >= 4 is 39.4 Å². The van der Waals surface area contributed by atoms with Gasteiger partial charge in [-0.15, -0.1) is 0 Å². The first-order valence-electron chi connectivity index (χ1n) is 4.85. The van der Waals surface area contributed by atoms with Gasteiger partial charge in [-0.2, -0.15) is 5.10 Å². The maximum Gasteiger partial charge on any atom is 0.183 e. The number of pyridine rings is 1. The van der Waals surface area contributed by atoms with Crippen molar-refractivity contribution in [2.45, 2.75) is 6.92 Å². The van der Waals surface area contributed by atoms with Gasteiger partial charge in [0.1, 0.15) is 5.82 Å². The second-order valence-electron chi connectivity index (χ2n) is 3.79. The highest BCUT2D eigenvalue weighted by atomic mass is 35.5. The summed E-state index contributed by atoms with van der Waals surface area (Å²) in [5.74, 6) is 0.529. The minimum atomic E-state index is 0.529. The van der Waals surface area contributed by atoms with Crippen molar-refractivity contribution in [3.05, 3.63) is 28.8 Å². The molecule has 0 aliphatic heterocycles. The Labute approximate surface area is 96.4 Å². The summed E-state index contributed by atoms with van der Waals surface area (Å²) in [6.07, 6.45) is 0. The summed E-state index contributed by atoms with van der Waals surface area (Å²) in [5.41, 5.74) is 8.26. The lowest BCUT2D eigenvalue weighted by atomic mass is 10.1. The Morgan fingerprint density at radius 2 is 2.12 bits per heavy atom. The molecule has 0 bridgehead atoms. The molecule has 0 aliphatic carbocycles. The van der Waals surface area contributed by atoms with Crippen molar-refractivity contribution in [2.75, 3.05) is 5.73 Å². The van der Waals surface area contributed by atoms with E-state index in [1.54, 1.807) is 0 Å². The van der Waals surface area contributed by atoms with E-state index in [1.165, 1.54) is 0 Å². The molecule has 0 radical (unpaired) electrons. The molecule has 80 valence electrons. The fraction of sp³-hybridized carbons (Fsp3) is 0.0909. The first kappa shape index (κ1) is 9.42. The van der Waals surface area contributed by atoms with Gasteiger partial charge in [-0.3, -0.25) is 5.10 Å². The van der Waals surface area contributed by atoms with Crippen LogP contribution >= 0.6 is 11.6 Å². The maximum atomic E-state index is 6.07. The van der Waals surface area contributed by atoms with Crippen LogP contribution in [0.4, 0.5) is 5.82 Å². The molecule has 2 heterocycles. The number of aromatic nitrogens is 3. The number of nitrogens with two attached hydrogens (primary N) is 1. The Kier molecular flexibility index (Phi) is 1.82. The number of aryl methyl sites for hydroxylation is 1. The summed E-state index contributed by atoms with van der Waals surface area (Å²) < 4.78 is 0. The fourth-order valence-electron chi connectivity index (χ4n) is 1.75. The van der Waals surface area contributed by atoms with Crippen molar-refractivity contribution in [3.63, 3.8) is 0 Å². The van der Waals surface area contributed by atoms with Gasteiger partial charge in [-0.25, -0.2) is 4.98 Å². The van der Waals surface area contributed by atoms with Gasteiger partial charge < -0.3 is 5.73 Å². The summed E-state index contributed by atoms with van der Waals surface area (Å²) in [7, 11) is 0. The quantitative estimate of drug-likeness (QED) is 0.626. The highest BCUT2D eigenvalue weighted by molar-refractivity contribution is 6.32. The Balaban J connectivity index is 2.48. The van der Waals surface area contributed by atoms with Crippen LogP contribution in [-0.4, -0.2) is 15.2 Å². The minimum Gasteiger partial charge on any atom is -0.384 e. The maximum absolute atomic E-state index is 6.07. The number of hydrogen-bond donors (Lipinski definition) is 2. The van der Waals surface area contributed by atoms with Crippen molar-refractivity contribution in [1.82, 2.24) is 15.2 Å². The van der Waals surface area contributed by atoms with Crippen LogP contribution < -0.4 is 5.73 Å². The van der Waals surface area contributed by atoms with Gasteiger partial charge in [0.15, 0.2) is 5.65 Å². The average Bonchev–Trinajstić information content (AvgIpc) is 2.59. The van der Waals surface area contributed by atoms with E-state index in [-0.39, 0.29) is 0 Å². The molecule has 0 saturated heterocycles. The van der Waals surface area contributed by atoms with Crippen molar-refractivity contribution in [2.24, 2.45) is 0 Å². The summed E-state index contributed by atoms with van der Waals surface area (Å²) in [4.78, 5) is 4.42. The van der Waals surface area contributed by atoms with E-state index in [0.717, 1.165) is 26.9 Å². The lowest BCUT2D eigenvalue weighted by molar-refractivity contribution is 1.11. The number of nitrogens with one attached hydrogen (secondary N) is 1. The fourth-order valence-corrected chi connectivity index (χ4v) is 1.92. The summed E-state index contributed by atoms with van der Waals surface area (Å²) in [5, 5.41) is 9.27. The molecule has 0 fully saturated rings. The third-order valence-electron chi connectivity index (χ3n) is 2.65. The molecular weight excluding hydrogens is 224 g/mol. The Bertz CT molecular complexity index is 702. The first-order valence-corrected chi connectivity index (χ1v) is 5.23. The highest BCUT2D eigenvalue weighted by Gasteiger charge is 2.07. The number of fused-ring (bicyclic) bond motifs is 2. The monoisotopic (exact) mass is 232 g/mol. The number of benzene rings is 1. The Hall–Kier alpha value is -1.81. The topological polar surface area (TPSA) is 67.6 Å². The molecule has 1 aromatic carbocycles. The van der Waals surface area contributed by atoms with Gasteiger partial charge >= 0.3 is 0 Å². The molecule has 4 nitrogen and oxygen atoms in total. The van der Waals surface area contributed by atoms with Gasteiger partial charge in [-0.1, -0.05) is 11.6 Å². The van der Waals surface area contributed by atoms with E-state index in [0.29, 0.717) is 11.5 Å². The number of nitrogens with zero attached hydrogens (tertiary/aromatic N) is 2. The predicted octanol–water partition coefficient (Wildman–Crippen LogP) is 2.66. The van der Waals surface area contributed by atoms with Crippen LogP contribution in [0, 0.1) is 6.92 Å². The Morgan fingerprint density at radius 1 is 1.31 bits per heavy atom. The molecular formula is C11H9ClN4. The van der Waals surface area contributed by atoms with Crippen LogP contribution in [0.2, 0.25) is 5.02 Å². The zero-order valence-electron chi connectivity index (χ0n) is 8.58. The zero-order valence-corrected chi connectivity index (χ0v) is 9.34. The van der Waals surface area contributed by atoms with Crippen molar-refractivity contribution < 1.29 is 0 Å². The van der Waals surface area contributed by atoms with Crippen molar-refractivity contribution in [1.29, 1.82) is 0 Å². The second-order valence-corrected chi connectivity index (χ2v) is 4.20. The molecule has 5 heteroatoms. The average molecular weight is 233 g/mol. The van der Waals surface area contributed by atoms with Crippen molar-refractivity contribution in [3.8, 4) is 0 Å². The summed E-state index contributed by atoms with van der Waals surface area (Å²) >= 11 is 6.07. The van der Waals surface area contributed by atoms with Crippen LogP contribution in [0.25, 0.3) is 21.9 Å². The van der Waals surface area contributed by atoms with Crippen LogP contribution in [0.1, 0.15) is 5.56 Å². The largest absolute Gasteiger partial charge is 0.384 e. The van der Waals surface area contributed by atoms with E-state index in [1.807, 2.05) is 25.1 Å². The molecule has 0 spiro atoms. The van der Waals surface area contributed by atoms with Gasteiger partial charge in [0, 0.05) is 10.4 Å². The predicted molar refractivity (Wildman–Crippen MR) is 65.6 cm³/mol. The number of anilines is 1. The van der Waals surface area contributed by atoms with E-state index < -0.39 is 0 Å². The van der Waals surface area contributed by atoms with Gasteiger partial charge in [-0.05, 0) is 30.7 Å². The van der Waals surface area contributed by atoms with Gasteiger partial charge in [0.2, 0.25) is 0 Å². The van der Waals surface area contributed by atoms with Crippen LogP contribution in [0.15, 0.2) is 18.2 Å². The molecule has 0 amide bonds. The Morgan fingerprint density at radius 3 is 2.94 bits per heavy atom. The number of rotatable bonds is 0. The summed E-state index contributed by atoms with van der Waals surface area (Å²) in [6, 6.07) is 5.79. The van der Waals surface area contributed by atoms with Crippen LogP contribution in [-0.2, 0) is 0 Å². The molecule has 0 atom stereocenters. The van der Waals surface area contributed by atoms with E-state index in [4.69, 9.17) is 17.3 Å². The molecule has 3 aromatic rings. The lowest BCUT2D eigenvalue weighted by Crippen LogP contribution is -1.86. The van der Waals surface area contributed by atoms with Gasteiger partial charge in [0.25, 0.3) is 0 Å². The highest BCUT2D eigenvalue weighted by Crippen LogP contribution is 2.26. The lowest BCUT2D eigenvalue weighted by Gasteiger charge is -2.01. The number of nitrogen functional groups attached to an aromatic ring is 1. The number of H-pyrrole nitrogens is 1. The SMILES string of the molecule is Cc1cc2nc3n[nH]c(N)c3cc2cc1Cl.